The molecule has 2 amide bonds. The maximum absolute atomic E-state index is 13.1. The first kappa shape index (κ1) is 19.9. The highest BCUT2D eigenvalue weighted by atomic mass is 16.5. The number of nitrogens with zero attached hydrogens (tertiary/aromatic N) is 1. The third-order valence-electron chi connectivity index (χ3n) is 5.68. The van der Waals surface area contributed by atoms with Gasteiger partial charge in [0.1, 0.15) is 0 Å². The Hall–Kier alpha value is -4.06. The molecule has 0 atom stereocenters. The van der Waals surface area contributed by atoms with E-state index in [4.69, 9.17) is 9.15 Å². The van der Waals surface area contributed by atoms with E-state index in [-0.39, 0.29) is 17.6 Å². The predicted molar refractivity (Wildman–Crippen MR) is 124 cm³/mol. The molecule has 1 aromatic heterocycles. The Balaban J connectivity index is 1.42. The number of nitrogens with one attached hydrogen (secondary N) is 1. The molecule has 1 N–H and O–H groups in total. The molecule has 0 bridgehead atoms. The van der Waals surface area contributed by atoms with Crippen LogP contribution >= 0.6 is 0 Å². The van der Waals surface area contributed by atoms with E-state index in [1.807, 2.05) is 60.7 Å². The largest absolute Gasteiger partial charge is 0.493 e. The van der Waals surface area contributed by atoms with Crippen molar-refractivity contribution in [2.45, 2.75) is 12.8 Å². The Morgan fingerprint density at radius 1 is 1.00 bits per heavy atom. The molecule has 1 aliphatic rings. The fraction of sp³-hybridized carbons (Fsp3) is 0.154. The summed E-state index contributed by atoms with van der Waals surface area (Å²) in [6.07, 6.45) is 1.80. The van der Waals surface area contributed by atoms with Crippen molar-refractivity contribution < 1.29 is 18.7 Å². The van der Waals surface area contributed by atoms with Gasteiger partial charge < -0.3 is 19.4 Å². The summed E-state index contributed by atoms with van der Waals surface area (Å²) in [4.78, 5) is 27.7. The minimum absolute atomic E-state index is 0.0422. The van der Waals surface area contributed by atoms with Gasteiger partial charge in [0.05, 0.1) is 7.11 Å². The van der Waals surface area contributed by atoms with E-state index in [0.717, 1.165) is 29.5 Å². The van der Waals surface area contributed by atoms with Gasteiger partial charge in [-0.05, 0) is 54.8 Å². The van der Waals surface area contributed by atoms with Crippen LogP contribution < -0.4 is 15.0 Å². The summed E-state index contributed by atoms with van der Waals surface area (Å²) in [5.41, 5.74) is 3.70. The standard InChI is InChI=1S/C26H22N2O4/c1-31-22-11-5-9-19-15-23(32-24(19)22)25(29)27-20-13-12-17-10-6-14-28(21(17)16-20)26(30)18-7-3-2-4-8-18/h2-5,7-9,11-13,15-16H,6,10,14H2,1H3,(H,27,29). The van der Waals surface area contributed by atoms with Gasteiger partial charge in [0.2, 0.25) is 0 Å². The molecular weight excluding hydrogens is 404 g/mol. The summed E-state index contributed by atoms with van der Waals surface area (Å²) >= 11 is 0. The zero-order valence-electron chi connectivity index (χ0n) is 17.6. The fourth-order valence-corrected chi connectivity index (χ4v) is 4.10. The first-order valence-corrected chi connectivity index (χ1v) is 10.5. The average Bonchev–Trinajstić information content (AvgIpc) is 3.28. The lowest BCUT2D eigenvalue weighted by Crippen LogP contribution is -2.35. The van der Waals surface area contributed by atoms with E-state index in [0.29, 0.717) is 29.1 Å². The summed E-state index contributed by atoms with van der Waals surface area (Å²) in [5.74, 6) is 0.365. The summed E-state index contributed by atoms with van der Waals surface area (Å²) in [7, 11) is 1.56. The highest BCUT2D eigenvalue weighted by Gasteiger charge is 2.24. The number of rotatable bonds is 4. The zero-order valence-corrected chi connectivity index (χ0v) is 17.6. The van der Waals surface area contributed by atoms with Crippen molar-refractivity contribution >= 4 is 34.2 Å². The summed E-state index contributed by atoms with van der Waals surface area (Å²) in [5, 5.41) is 3.69. The van der Waals surface area contributed by atoms with Crippen molar-refractivity contribution in [3.8, 4) is 5.75 Å². The van der Waals surface area contributed by atoms with Crippen LogP contribution in [-0.4, -0.2) is 25.5 Å². The van der Waals surface area contributed by atoms with Crippen molar-refractivity contribution in [3.63, 3.8) is 0 Å². The lowest BCUT2D eigenvalue weighted by Gasteiger charge is -2.30. The van der Waals surface area contributed by atoms with E-state index in [9.17, 15) is 9.59 Å². The number of hydrogen-bond donors (Lipinski definition) is 1. The highest BCUT2D eigenvalue weighted by Crippen LogP contribution is 2.32. The number of carbonyl (C=O) groups excluding carboxylic acids is 2. The molecule has 4 aromatic rings. The van der Waals surface area contributed by atoms with E-state index >= 15 is 0 Å². The average molecular weight is 426 g/mol. The number of methoxy groups -OCH3 is 1. The van der Waals surface area contributed by atoms with Gasteiger partial charge in [-0.1, -0.05) is 36.4 Å². The molecule has 5 rings (SSSR count). The van der Waals surface area contributed by atoms with Crippen LogP contribution in [0.15, 0.2) is 77.2 Å². The molecule has 6 heteroatoms. The van der Waals surface area contributed by atoms with Crippen LogP contribution in [0.5, 0.6) is 5.75 Å². The monoisotopic (exact) mass is 426 g/mol. The number of hydrogen-bond acceptors (Lipinski definition) is 4. The van der Waals surface area contributed by atoms with Crippen LogP contribution in [0.25, 0.3) is 11.0 Å². The van der Waals surface area contributed by atoms with E-state index in [1.54, 1.807) is 24.1 Å². The van der Waals surface area contributed by atoms with Crippen molar-refractivity contribution in [2.75, 3.05) is 23.9 Å². The molecule has 0 saturated heterocycles. The number of benzene rings is 3. The Labute approximate surface area is 185 Å². The minimum Gasteiger partial charge on any atom is -0.493 e. The van der Waals surface area contributed by atoms with E-state index in [1.165, 1.54) is 0 Å². The zero-order chi connectivity index (χ0) is 22.1. The number of amides is 2. The SMILES string of the molecule is COc1cccc2cc(C(=O)Nc3ccc4c(c3)N(C(=O)c3ccccc3)CCC4)oc12. The quantitative estimate of drug-likeness (QED) is 0.482. The summed E-state index contributed by atoms with van der Waals surface area (Å²) in [6.45, 7) is 0.640. The van der Waals surface area contributed by atoms with Crippen LogP contribution in [-0.2, 0) is 6.42 Å². The van der Waals surface area contributed by atoms with Crippen LogP contribution in [0.4, 0.5) is 11.4 Å². The number of carbonyl (C=O) groups is 2. The first-order valence-electron chi connectivity index (χ1n) is 10.5. The molecule has 2 heterocycles. The highest BCUT2D eigenvalue weighted by molar-refractivity contribution is 6.08. The molecule has 0 radical (unpaired) electrons. The second kappa shape index (κ2) is 8.23. The van der Waals surface area contributed by atoms with Gasteiger partial charge in [-0.3, -0.25) is 9.59 Å². The van der Waals surface area contributed by atoms with Gasteiger partial charge in [0, 0.05) is 28.9 Å². The Bertz CT molecular complexity index is 1310. The summed E-state index contributed by atoms with van der Waals surface area (Å²) in [6, 6.07) is 22.1. The van der Waals surface area contributed by atoms with Crippen molar-refractivity contribution in [2.24, 2.45) is 0 Å². The Kier molecular flexibility index (Phi) is 5.11. The molecule has 0 unspecified atom stereocenters. The molecule has 160 valence electrons. The fourth-order valence-electron chi connectivity index (χ4n) is 4.10. The Morgan fingerprint density at radius 2 is 1.84 bits per heavy atom. The number of fused-ring (bicyclic) bond motifs is 2. The van der Waals surface area contributed by atoms with Crippen LogP contribution in [0, 0.1) is 0 Å². The minimum atomic E-state index is -0.361. The number of furan rings is 1. The number of anilines is 2. The predicted octanol–water partition coefficient (Wildman–Crippen LogP) is 5.29. The maximum atomic E-state index is 13.1. The normalized spacial score (nSPS) is 13.0. The van der Waals surface area contributed by atoms with Crippen molar-refractivity contribution in [1.82, 2.24) is 0 Å². The van der Waals surface area contributed by atoms with Gasteiger partial charge >= 0.3 is 0 Å². The maximum Gasteiger partial charge on any atom is 0.291 e. The van der Waals surface area contributed by atoms with Crippen LogP contribution in [0.1, 0.15) is 32.9 Å². The lowest BCUT2D eigenvalue weighted by molar-refractivity contribution is 0.0982. The molecular formula is C26H22N2O4. The van der Waals surface area contributed by atoms with Gasteiger partial charge in [-0.2, -0.15) is 0 Å². The molecule has 6 nitrogen and oxygen atoms in total. The molecule has 0 fully saturated rings. The number of para-hydroxylation sites is 1. The third kappa shape index (κ3) is 3.60. The molecule has 3 aromatic carbocycles. The van der Waals surface area contributed by atoms with Crippen LogP contribution in [0.3, 0.4) is 0 Å². The van der Waals surface area contributed by atoms with E-state index in [2.05, 4.69) is 5.32 Å². The van der Waals surface area contributed by atoms with Gasteiger partial charge in [0.25, 0.3) is 11.8 Å². The molecule has 0 aliphatic carbocycles. The molecule has 32 heavy (non-hydrogen) atoms. The van der Waals surface area contributed by atoms with Crippen molar-refractivity contribution in [3.05, 3.63) is 89.7 Å². The van der Waals surface area contributed by atoms with E-state index < -0.39 is 0 Å². The van der Waals surface area contributed by atoms with Gasteiger partial charge in [-0.15, -0.1) is 0 Å². The molecule has 1 aliphatic heterocycles. The number of aryl methyl sites for hydroxylation is 1. The first-order chi connectivity index (χ1) is 15.6. The van der Waals surface area contributed by atoms with Gasteiger partial charge in [0.15, 0.2) is 17.1 Å². The lowest BCUT2D eigenvalue weighted by atomic mass is 10.00. The van der Waals surface area contributed by atoms with Crippen molar-refractivity contribution in [1.29, 1.82) is 0 Å². The number of ether oxygens (including phenoxy) is 1. The summed E-state index contributed by atoms with van der Waals surface area (Å²) < 4.78 is 11.1. The topological polar surface area (TPSA) is 71.8 Å². The molecule has 0 spiro atoms. The molecule has 0 saturated carbocycles. The Morgan fingerprint density at radius 3 is 2.66 bits per heavy atom. The smallest absolute Gasteiger partial charge is 0.291 e. The second-order valence-electron chi connectivity index (χ2n) is 7.71. The second-order valence-corrected chi connectivity index (χ2v) is 7.71. The van der Waals surface area contributed by atoms with Crippen LogP contribution in [0.2, 0.25) is 0 Å². The third-order valence-corrected chi connectivity index (χ3v) is 5.68. The van der Waals surface area contributed by atoms with Gasteiger partial charge in [-0.25, -0.2) is 0 Å².